The third-order valence-electron chi connectivity index (χ3n) is 17.9. The Kier molecular flexibility index (Phi) is 66.8. The van der Waals surface area contributed by atoms with Crippen LogP contribution in [0.25, 0.3) is 0 Å². The number of aliphatic hydroxyl groups is 1. The first-order valence-corrected chi connectivity index (χ1v) is 42.2. The molecule has 0 amide bonds. The number of rotatable bonds is 75. The highest BCUT2D eigenvalue weighted by molar-refractivity contribution is 7.47. The average molecular weight is 1380 g/mol. The van der Waals surface area contributed by atoms with Gasteiger partial charge in [-0.2, -0.15) is 0 Å². The zero-order valence-corrected chi connectivity index (χ0v) is 62.9. The molecule has 0 aliphatic rings. The molecule has 0 aromatic carbocycles. The molecule has 94 heavy (non-hydrogen) atoms. The van der Waals surface area contributed by atoms with Gasteiger partial charge in [0.2, 0.25) is 0 Å². The molecule has 0 spiro atoms. The van der Waals surface area contributed by atoms with Crippen LogP contribution < -0.4 is 0 Å². The van der Waals surface area contributed by atoms with E-state index in [2.05, 4.69) is 34.6 Å². The highest BCUT2D eigenvalue weighted by atomic mass is 31.2. The Hall–Kier alpha value is -1.94. The number of carbonyl (C=O) groups is 4. The number of carbonyl (C=O) groups excluding carboxylic acids is 4. The van der Waals surface area contributed by atoms with E-state index < -0.39 is 97.5 Å². The molecule has 6 atom stereocenters. The standard InChI is InChI=1S/C75H146O17P2/c1-6-10-13-16-19-22-25-28-29-30-31-32-33-35-38-41-44-51-56-61-75(80)91-70(64-85-72(77)58-53-48-42-39-37-34-26-23-20-17-14-11-7-2)66-89-93(81,82)87-62-69(76)63-88-94(83,84)90-67-71(65-86-73(78)59-54-49-46-45-47-52-57-68(5)9-4)92-74(79)60-55-50-43-40-36-27-24-21-18-15-12-8-3/h68-71,76H,6-67H2,1-5H3,(H,81,82)(H,83,84)/t68?,69-,70-,71-/m1/s1. The van der Waals surface area contributed by atoms with Crippen LogP contribution in [-0.2, 0) is 65.4 Å². The van der Waals surface area contributed by atoms with Crippen LogP contribution in [0, 0.1) is 5.92 Å². The molecule has 0 saturated heterocycles. The third kappa shape index (κ3) is 67.3. The zero-order valence-electron chi connectivity index (χ0n) is 61.1. The minimum atomic E-state index is -4.96. The van der Waals surface area contributed by atoms with Crippen molar-refractivity contribution in [2.75, 3.05) is 39.6 Å². The summed E-state index contributed by atoms with van der Waals surface area (Å²) in [5, 5.41) is 10.6. The molecule has 19 heteroatoms. The SMILES string of the molecule is CCCCCCCCCCCCCCCCCCCCCC(=O)O[C@H](COC(=O)CCCCCCCCCCCCCCC)COP(=O)(O)OC[C@@H](O)COP(=O)(O)OC[C@@H](COC(=O)CCCCCCCCC(C)CC)OC(=O)CCCCCCCCCCCCCC. The Bertz CT molecular complexity index is 1810. The number of phosphoric ester groups is 2. The third-order valence-corrected chi connectivity index (χ3v) is 19.8. The van der Waals surface area contributed by atoms with E-state index in [1.807, 2.05) is 0 Å². The maximum Gasteiger partial charge on any atom is 0.472 e. The highest BCUT2D eigenvalue weighted by Gasteiger charge is 2.30. The molecule has 558 valence electrons. The minimum absolute atomic E-state index is 0.107. The van der Waals surface area contributed by atoms with Gasteiger partial charge in [-0.3, -0.25) is 37.3 Å². The summed E-state index contributed by atoms with van der Waals surface area (Å²) in [4.78, 5) is 72.7. The van der Waals surface area contributed by atoms with Gasteiger partial charge in [-0.25, -0.2) is 9.13 Å². The fraction of sp³-hybridized carbons (Fsp3) is 0.947. The summed E-state index contributed by atoms with van der Waals surface area (Å²) in [6, 6.07) is 0. The van der Waals surface area contributed by atoms with E-state index in [1.165, 1.54) is 212 Å². The van der Waals surface area contributed by atoms with Gasteiger partial charge in [0.05, 0.1) is 26.4 Å². The number of unbranched alkanes of at least 4 members (excludes halogenated alkanes) is 46. The lowest BCUT2D eigenvalue weighted by atomic mass is 10.00. The summed E-state index contributed by atoms with van der Waals surface area (Å²) in [7, 11) is -9.91. The molecule has 3 unspecified atom stereocenters. The molecule has 0 heterocycles. The van der Waals surface area contributed by atoms with E-state index in [0.29, 0.717) is 25.7 Å². The van der Waals surface area contributed by atoms with Crippen molar-refractivity contribution in [2.45, 2.75) is 412 Å². The van der Waals surface area contributed by atoms with Crippen molar-refractivity contribution in [1.82, 2.24) is 0 Å². The summed E-state index contributed by atoms with van der Waals surface area (Å²) in [5.74, 6) is -1.38. The van der Waals surface area contributed by atoms with Gasteiger partial charge < -0.3 is 33.8 Å². The van der Waals surface area contributed by atoms with Gasteiger partial charge in [-0.15, -0.1) is 0 Å². The zero-order chi connectivity index (χ0) is 69.1. The maximum absolute atomic E-state index is 13.1. The van der Waals surface area contributed by atoms with E-state index in [-0.39, 0.29) is 25.7 Å². The summed E-state index contributed by atoms with van der Waals surface area (Å²) >= 11 is 0. The summed E-state index contributed by atoms with van der Waals surface area (Å²) in [6.07, 6.45) is 56.8. The first kappa shape index (κ1) is 92.1. The molecule has 0 aliphatic carbocycles. The number of ether oxygens (including phenoxy) is 4. The Morgan fingerprint density at radius 2 is 0.511 bits per heavy atom. The van der Waals surface area contributed by atoms with Crippen molar-refractivity contribution >= 4 is 39.5 Å². The Labute approximate surface area is 575 Å². The normalized spacial score (nSPS) is 14.3. The van der Waals surface area contributed by atoms with Gasteiger partial charge in [0, 0.05) is 25.7 Å². The van der Waals surface area contributed by atoms with Crippen LogP contribution in [0.5, 0.6) is 0 Å². The Morgan fingerprint density at radius 1 is 0.298 bits per heavy atom. The van der Waals surface area contributed by atoms with Gasteiger partial charge in [-0.05, 0) is 31.6 Å². The lowest BCUT2D eigenvalue weighted by molar-refractivity contribution is -0.161. The van der Waals surface area contributed by atoms with Crippen LogP contribution in [0.4, 0.5) is 0 Å². The molecule has 0 rings (SSSR count). The van der Waals surface area contributed by atoms with E-state index in [9.17, 15) is 43.2 Å². The van der Waals surface area contributed by atoms with E-state index >= 15 is 0 Å². The van der Waals surface area contributed by atoms with Crippen molar-refractivity contribution in [3.05, 3.63) is 0 Å². The van der Waals surface area contributed by atoms with E-state index in [1.54, 1.807) is 0 Å². The van der Waals surface area contributed by atoms with Gasteiger partial charge in [0.15, 0.2) is 12.2 Å². The summed E-state index contributed by atoms with van der Waals surface area (Å²) in [6.45, 7) is 7.25. The molecule has 0 aromatic heterocycles. The molecule has 3 N–H and O–H groups in total. The summed E-state index contributed by atoms with van der Waals surface area (Å²) in [5.41, 5.74) is 0. The molecule has 0 radical (unpaired) electrons. The van der Waals surface area contributed by atoms with E-state index in [0.717, 1.165) is 102 Å². The van der Waals surface area contributed by atoms with Gasteiger partial charge in [0.25, 0.3) is 0 Å². The van der Waals surface area contributed by atoms with Crippen molar-refractivity contribution in [2.24, 2.45) is 5.92 Å². The molecular weight excluding hydrogens is 1230 g/mol. The number of hydrogen-bond donors (Lipinski definition) is 3. The van der Waals surface area contributed by atoms with Crippen LogP contribution in [0.1, 0.15) is 394 Å². The topological polar surface area (TPSA) is 237 Å². The molecule has 0 aliphatic heterocycles. The predicted molar refractivity (Wildman–Crippen MR) is 382 cm³/mol. The first-order valence-electron chi connectivity index (χ1n) is 39.2. The Morgan fingerprint density at radius 3 is 0.755 bits per heavy atom. The first-order chi connectivity index (χ1) is 45.6. The quantitative estimate of drug-likeness (QED) is 0.0222. The van der Waals surface area contributed by atoms with Gasteiger partial charge in [-0.1, -0.05) is 343 Å². The lowest BCUT2D eigenvalue weighted by Crippen LogP contribution is -2.30. The van der Waals surface area contributed by atoms with Crippen LogP contribution in [0.2, 0.25) is 0 Å². The fourth-order valence-electron chi connectivity index (χ4n) is 11.5. The lowest BCUT2D eigenvalue weighted by Gasteiger charge is -2.21. The van der Waals surface area contributed by atoms with Crippen molar-refractivity contribution in [3.8, 4) is 0 Å². The smallest absolute Gasteiger partial charge is 0.462 e. The molecule has 0 bridgehead atoms. The second-order valence-electron chi connectivity index (χ2n) is 27.3. The molecule has 17 nitrogen and oxygen atoms in total. The van der Waals surface area contributed by atoms with Crippen molar-refractivity contribution < 1.29 is 80.2 Å². The summed E-state index contributed by atoms with van der Waals surface area (Å²) < 4.78 is 68.5. The predicted octanol–water partition coefficient (Wildman–Crippen LogP) is 22.1. The van der Waals surface area contributed by atoms with Crippen molar-refractivity contribution in [3.63, 3.8) is 0 Å². The second-order valence-corrected chi connectivity index (χ2v) is 30.2. The fourth-order valence-corrected chi connectivity index (χ4v) is 13.1. The monoisotopic (exact) mass is 1380 g/mol. The van der Waals surface area contributed by atoms with Gasteiger partial charge >= 0.3 is 39.5 Å². The molecule has 0 saturated carbocycles. The molecule has 0 fully saturated rings. The van der Waals surface area contributed by atoms with Crippen LogP contribution in [0.3, 0.4) is 0 Å². The number of phosphoric acid groups is 2. The van der Waals surface area contributed by atoms with Crippen LogP contribution in [0.15, 0.2) is 0 Å². The Balaban J connectivity index is 5.22. The van der Waals surface area contributed by atoms with Crippen molar-refractivity contribution in [1.29, 1.82) is 0 Å². The number of hydrogen-bond acceptors (Lipinski definition) is 15. The van der Waals surface area contributed by atoms with Crippen LogP contribution in [-0.4, -0.2) is 96.7 Å². The number of esters is 4. The van der Waals surface area contributed by atoms with Gasteiger partial charge in [0.1, 0.15) is 19.3 Å². The number of aliphatic hydroxyl groups excluding tert-OH is 1. The van der Waals surface area contributed by atoms with E-state index in [4.69, 9.17) is 37.0 Å². The maximum atomic E-state index is 13.1. The largest absolute Gasteiger partial charge is 0.472 e. The molecule has 0 aromatic rings. The average Bonchev–Trinajstić information content (AvgIpc) is 1.78. The second kappa shape index (κ2) is 68.2. The van der Waals surface area contributed by atoms with Crippen LogP contribution >= 0.6 is 15.6 Å². The molecular formula is C75H146O17P2. The highest BCUT2D eigenvalue weighted by Crippen LogP contribution is 2.45. The minimum Gasteiger partial charge on any atom is -0.462 e.